The largest absolute Gasteiger partial charge is 0.487 e. The second-order valence-corrected chi connectivity index (χ2v) is 12.0. The highest BCUT2D eigenvalue weighted by Crippen LogP contribution is 2.45. The fourth-order valence-corrected chi connectivity index (χ4v) is 5.39. The second kappa shape index (κ2) is 12.5. The van der Waals surface area contributed by atoms with E-state index in [0.717, 1.165) is 11.1 Å². The Kier molecular flexibility index (Phi) is 8.68. The van der Waals surface area contributed by atoms with Crippen molar-refractivity contribution in [3.8, 4) is 5.75 Å². The number of hydrogen-bond donors (Lipinski definition) is 2. The molecule has 4 amide bonds. The summed E-state index contributed by atoms with van der Waals surface area (Å²) in [5.74, 6) is -0.865. The lowest BCUT2D eigenvalue weighted by atomic mass is 9.94. The van der Waals surface area contributed by atoms with Crippen LogP contribution in [-0.2, 0) is 9.59 Å². The third-order valence-electron chi connectivity index (χ3n) is 7.14. The van der Waals surface area contributed by atoms with Gasteiger partial charge in [-0.05, 0) is 68.3 Å². The number of rotatable bonds is 7. The number of aliphatic imine (C=N–C) groups is 1. The Balaban J connectivity index is 1.71. The molecule has 12 heteroatoms. The van der Waals surface area contributed by atoms with Crippen molar-refractivity contribution in [2.24, 2.45) is 10.7 Å². The molecule has 2 atom stereocenters. The quantitative estimate of drug-likeness (QED) is 0.302. The summed E-state index contributed by atoms with van der Waals surface area (Å²) in [5.41, 5.74) is 6.87. The lowest BCUT2D eigenvalue weighted by Crippen LogP contribution is -2.55. The second-order valence-electron chi connectivity index (χ2n) is 11.6. The number of ketones is 1. The molecule has 2 aliphatic rings. The Hall–Kier alpha value is -4.77. The van der Waals surface area contributed by atoms with E-state index in [9.17, 15) is 19.2 Å². The molecule has 3 aromatic rings. The number of carbonyl (C=O) groups excluding carboxylic acids is 4. The van der Waals surface area contributed by atoms with Gasteiger partial charge in [-0.1, -0.05) is 29.8 Å². The molecule has 1 fully saturated rings. The molecule has 3 N–H and O–H groups in total. The number of nitrogens with one attached hydrogen (secondary N) is 1. The van der Waals surface area contributed by atoms with E-state index in [1.54, 1.807) is 47.6 Å². The van der Waals surface area contributed by atoms with Crippen molar-refractivity contribution in [2.75, 3.05) is 19.6 Å². The Morgan fingerprint density at radius 3 is 2.39 bits per heavy atom. The average Bonchev–Trinajstić information content (AvgIpc) is 3.36. The highest BCUT2D eigenvalue weighted by atomic mass is 35.5. The SMILES string of the molecule is CC(C)(C)Oc1cc(C(=O)CC(N)=O)ccc1C1=N[C@@H](c2ccc(Cl)cc2)[C@@H](c2ccncc2)N1C(=O)N1CCNC(=O)C1. The van der Waals surface area contributed by atoms with Gasteiger partial charge in [-0.25, -0.2) is 4.79 Å². The fourth-order valence-electron chi connectivity index (χ4n) is 5.26. The summed E-state index contributed by atoms with van der Waals surface area (Å²) < 4.78 is 6.34. The average molecular weight is 617 g/mol. The topological polar surface area (TPSA) is 147 Å². The number of carbonyl (C=O) groups is 4. The lowest BCUT2D eigenvalue weighted by molar-refractivity contribution is -0.123. The van der Waals surface area contributed by atoms with Crippen LogP contribution in [0, 0.1) is 0 Å². The van der Waals surface area contributed by atoms with E-state index in [-0.39, 0.29) is 18.0 Å². The summed E-state index contributed by atoms with van der Waals surface area (Å²) >= 11 is 6.22. The molecule has 0 unspecified atom stereocenters. The summed E-state index contributed by atoms with van der Waals surface area (Å²) in [6, 6.07) is 14.1. The number of urea groups is 1. The van der Waals surface area contributed by atoms with Gasteiger partial charge in [-0.15, -0.1) is 0 Å². The van der Waals surface area contributed by atoms with Crippen molar-refractivity contribution in [3.05, 3.63) is 94.3 Å². The molecule has 0 bridgehead atoms. The van der Waals surface area contributed by atoms with Gasteiger partial charge in [0.1, 0.15) is 29.8 Å². The van der Waals surface area contributed by atoms with Gasteiger partial charge in [0, 0.05) is 36.1 Å². The number of nitrogens with two attached hydrogens (primary N) is 1. The zero-order valence-electron chi connectivity index (χ0n) is 24.6. The molecular weight excluding hydrogens is 584 g/mol. The van der Waals surface area contributed by atoms with Crippen LogP contribution in [0.25, 0.3) is 0 Å². The van der Waals surface area contributed by atoms with Crippen LogP contribution in [0.3, 0.4) is 0 Å². The zero-order chi connectivity index (χ0) is 31.6. The number of ether oxygens (including phenoxy) is 1. The highest BCUT2D eigenvalue weighted by Gasteiger charge is 2.45. The molecule has 2 aliphatic heterocycles. The maximum Gasteiger partial charge on any atom is 0.326 e. The molecule has 11 nitrogen and oxygen atoms in total. The first-order chi connectivity index (χ1) is 20.9. The van der Waals surface area contributed by atoms with E-state index in [1.807, 2.05) is 45.0 Å². The first kappa shape index (κ1) is 30.7. The fraction of sp³-hybridized carbons (Fsp3) is 0.312. The number of amides is 4. The Labute approximate surface area is 260 Å². The molecule has 0 radical (unpaired) electrons. The van der Waals surface area contributed by atoms with Gasteiger partial charge < -0.3 is 20.7 Å². The van der Waals surface area contributed by atoms with Gasteiger partial charge in [0.15, 0.2) is 5.78 Å². The minimum atomic E-state index is -0.745. The van der Waals surface area contributed by atoms with Gasteiger partial charge in [-0.2, -0.15) is 0 Å². The third-order valence-corrected chi connectivity index (χ3v) is 7.39. The maximum atomic E-state index is 14.4. The molecule has 3 heterocycles. The van der Waals surface area contributed by atoms with Crippen molar-refractivity contribution in [2.45, 2.75) is 44.9 Å². The first-order valence-corrected chi connectivity index (χ1v) is 14.5. The summed E-state index contributed by atoms with van der Waals surface area (Å²) in [6.45, 7) is 6.10. The van der Waals surface area contributed by atoms with Crippen molar-refractivity contribution in [3.63, 3.8) is 0 Å². The molecule has 1 saturated heterocycles. The van der Waals surface area contributed by atoms with E-state index in [1.165, 1.54) is 4.90 Å². The monoisotopic (exact) mass is 616 g/mol. The first-order valence-electron chi connectivity index (χ1n) is 14.1. The van der Waals surface area contributed by atoms with Gasteiger partial charge in [0.05, 0.1) is 18.0 Å². The number of pyridine rings is 1. The minimum Gasteiger partial charge on any atom is -0.487 e. The van der Waals surface area contributed by atoms with Gasteiger partial charge in [-0.3, -0.25) is 29.3 Å². The number of benzene rings is 2. The van der Waals surface area contributed by atoms with Crippen LogP contribution >= 0.6 is 11.6 Å². The van der Waals surface area contributed by atoms with E-state index in [0.29, 0.717) is 35.3 Å². The molecule has 44 heavy (non-hydrogen) atoms. The van der Waals surface area contributed by atoms with Gasteiger partial charge in [0.2, 0.25) is 11.8 Å². The van der Waals surface area contributed by atoms with Crippen LogP contribution < -0.4 is 15.8 Å². The molecule has 1 aromatic heterocycles. The third kappa shape index (κ3) is 6.73. The lowest BCUT2D eigenvalue weighted by Gasteiger charge is -2.36. The van der Waals surface area contributed by atoms with Crippen LogP contribution in [0.1, 0.15) is 66.3 Å². The molecular formula is C32H33ClN6O5. The van der Waals surface area contributed by atoms with Gasteiger partial charge >= 0.3 is 6.03 Å². The van der Waals surface area contributed by atoms with E-state index in [2.05, 4.69) is 10.3 Å². The summed E-state index contributed by atoms with van der Waals surface area (Å²) in [7, 11) is 0. The number of aromatic nitrogens is 1. The van der Waals surface area contributed by atoms with Crippen LogP contribution in [0.2, 0.25) is 5.02 Å². The predicted octanol–water partition coefficient (Wildman–Crippen LogP) is 4.07. The highest BCUT2D eigenvalue weighted by molar-refractivity contribution is 6.30. The van der Waals surface area contributed by atoms with Crippen molar-refractivity contribution in [1.29, 1.82) is 0 Å². The summed E-state index contributed by atoms with van der Waals surface area (Å²) in [5, 5.41) is 3.32. The molecule has 228 valence electrons. The van der Waals surface area contributed by atoms with E-state index < -0.39 is 41.8 Å². The number of Topliss-reactive ketones (excluding diaryl/α,β-unsaturated/α-hetero) is 1. The summed E-state index contributed by atoms with van der Waals surface area (Å²) in [4.78, 5) is 63.5. The van der Waals surface area contributed by atoms with Crippen molar-refractivity contribution >= 4 is 41.1 Å². The van der Waals surface area contributed by atoms with Crippen LogP contribution in [-0.4, -0.2) is 69.5 Å². The number of hydrogen-bond acceptors (Lipinski definition) is 7. The standard InChI is InChI=1S/C32H33ClN6O5/c1-32(2,3)44-25-16-21(24(40)17-26(34)41)6-9-23(25)30-37-28(19-4-7-22(33)8-5-19)29(20-10-12-35-13-11-20)39(30)31(43)38-15-14-36-27(42)18-38/h4-13,16,28-29H,14-15,17-18H2,1-3H3,(H2,34,41)(H,36,42)/t28-,29+/m0/s1. The Morgan fingerprint density at radius 1 is 1.05 bits per heavy atom. The maximum absolute atomic E-state index is 14.4. The Bertz CT molecular complexity index is 1620. The van der Waals surface area contributed by atoms with Gasteiger partial charge in [0.25, 0.3) is 0 Å². The Morgan fingerprint density at radius 2 is 1.75 bits per heavy atom. The van der Waals surface area contributed by atoms with Crippen molar-refractivity contribution in [1.82, 2.24) is 20.1 Å². The molecule has 0 aliphatic carbocycles. The molecule has 2 aromatic carbocycles. The molecule has 0 saturated carbocycles. The molecule has 0 spiro atoms. The number of primary amides is 1. The number of amidine groups is 1. The zero-order valence-corrected chi connectivity index (χ0v) is 25.4. The van der Waals surface area contributed by atoms with E-state index in [4.69, 9.17) is 27.1 Å². The molecule has 5 rings (SSSR count). The predicted molar refractivity (Wildman–Crippen MR) is 164 cm³/mol. The van der Waals surface area contributed by atoms with E-state index >= 15 is 0 Å². The number of piperazine rings is 1. The number of halogens is 1. The van der Waals surface area contributed by atoms with Crippen molar-refractivity contribution < 1.29 is 23.9 Å². The number of nitrogens with zero attached hydrogens (tertiary/aromatic N) is 4. The van der Waals surface area contributed by atoms with Crippen LogP contribution in [0.4, 0.5) is 4.79 Å². The minimum absolute atomic E-state index is 0.108. The smallest absolute Gasteiger partial charge is 0.326 e. The van der Waals surface area contributed by atoms with Crippen LogP contribution in [0.15, 0.2) is 72.0 Å². The van der Waals surface area contributed by atoms with Crippen LogP contribution in [0.5, 0.6) is 5.75 Å². The normalized spacial score (nSPS) is 18.5. The summed E-state index contributed by atoms with van der Waals surface area (Å²) in [6.07, 6.45) is 2.84.